The zero-order valence-corrected chi connectivity index (χ0v) is 21.2. The van der Waals surface area contributed by atoms with Crippen molar-refractivity contribution in [2.45, 2.75) is 19.9 Å². The molecule has 4 aromatic heterocycles. The number of nitrogens with two attached hydrogens (primary N) is 1. The Labute approximate surface area is 215 Å². The smallest absolute Gasteiger partial charge is 0.325 e. The summed E-state index contributed by atoms with van der Waals surface area (Å²) in [4.78, 5) is 27.6. The lowest BCUT2D eigenvalue weighted by Crippen LogP contribution is -2.19. The number of thiophene rings is 1. The number of nitrogens with zero attached hydrogens (tertiary/aromatic N) is 5. The van der Waals surface area contributed by atoms with Crippen molar-refractivity contribution in [1.29, 1.82) is 0 Å². The maximum Gasteiger partial charge on any atom is 0.325 e. The van der Waals surface area contributed by atoms with Crippen molar-refractivity contribution in [3.05, 3.63) is 65.7 Å². The number of hydrogen-bond donors (Lipinski definition) is 4. The Morgan fingerprint density at radius 1 is 1.11 bits per heavy atom. The maximum absolute atomic E-state index is 12.3. The van der Waals surface area contributed by atoms with E-state index in [-0.39, 0.29) is 6.03 Å². The van der Waals surface area contributed by atoms with Crippen LogP contribution in [0.15, 0.2) is 55.2 Å². The molecule has 10 nitrogen and oxygen atoms in total. The summed E-state index contributed by atoms with van der Waals surface area (Å²) >= 11 is 3.08. The number of rotatable bonds is 9. The predicted molar refractivity (Wildman–Crippen MR) is 146 cm³/mol. The topological polar surface area (TPSA) is 136 Å². The van der Waals surface area contributed by atoms with E-state index in [1.54, 1.807) is 23.9 Å². The highest BCUT2D eigenvalue weighted by Crippen LogP contribution is 2.35. The third-order valence-electron chi connectivity index (χ3n) is 5.30. The summed E-state index contributed by atoms with van der Waals surface area (Å²) in [6, 6.07) is 9.38. The molecular weight excluding hydrogens is 494 g/mol. The summed E-state index contributed by atoms with van der Waals surface area (Å²) in [5.74, 6) is 0.797. The molecule has 0 unspecified atom stereocenters. The van der Waals surface area contributed by atoms with Gasteiger partial charge in [0.15, 0.2) is 5.13 Å². The van der Waals surface area contributed by atoms with Gasteiger partial charge in [0, 0.05) is 52.9 Å². The highest BCUT2D eigenvalue weighted by molar-refractivity contribution is 7.22. The van der Waals surface area contributed by atoms with Gasteiger partial charge in [0.25, 0.3) is 0 Å². The molecule has 0 spiro atoms. The molecular formula is C24H25N9OS2. The number of carbonyl (C=O) groups excluding carboxylic acids is 1. The summed E-state index contributed by atoms with van der Waals surface area (Å²) in [5, 5.41) is 13.9. The van der Waals surface area contributed by atoms with Crippen LogP contribution in [-0.4, -0.2) is 43.9 Å². The van der Waals surface area contributed by atoms with E-state index in [1.807, 2.05) is 48.3 Å². The average molecular weight is 520 g/mol. The lowest BCUT2D eigenvalue weighted by molar-refractivity contribution is 0.262. The number of benzene rings is 1. The first kappa shape index (κ1) is 23.9. The van der Waals surface area contributed by atoms with Crippen molar-refractivity contribution in [3.8, 4) is 10.4 Å². The first-order valence-corrected chi connectivity index (χ1v) is 13.0. The average Bonchev–Trinajstić information content (AvgIpc) is 3.59. The molecule has 2 amide bonds. The molecule has 0 radical (unpaired) electrons. The van der Waals surface area contributed by atoms with Crippen LogP contribution in [0.5, 0.6) is 0 Å². The SMILES string of the molecule is Cc1cccc(NC(=O)Nc2ncc(CCNc3ncnc4cc(-c5cnn(CCN)c5)sc34)s2)c1. The van der Waals surface area contributed by atoms with E-state index >= 15 is 0 Å². The van der Waals surface area contributed by atoms with E-state index in [2.05, 4.69) is 42.1 Å². The van der Waals surface area contributed by atoms with Crippen LogP contribution >= 0.6 is 22.7 Å². The van der Waals surface area contributed by atoms with Crippen LogP contribution in [0.25, 0.3) is 20.7 Å². The molecule has 0 fully saturated rings. The molecule has 184 valence electrons. The molecule has 0 saturated heterocycles. The normalized spacial score (nSPS) is 11.1. The Kier molecular flexibility index (Phi) is 7.16. The van der Waals surface area contributed by atoms with Gasteiger partial charge in [-0.1, -0.05) is 12.1 Å². The van der Waals surface area contributed by atoms with Gasteiger partial charge in [0.1, 0.15) is 12.1 Å². The molecule has 5 rings (SSSR count). The highest BCUT2D eigenvalue weighted by Gasteiger charge is 2.12. The van der Waals surface area contributed by atoms with Crippen LogP contribution < -0.4 is 21.7 Å². The zero-order valence-electron chi connectivity index (χ0n) is 19.6. The molecule has 0 aliphatic heterocycles. The van der Waals surface area contributed by atoms with Gasteiger partial charge in [-0.2, -0.15) is 5.10 Å². The third kappa shape index (κ3) is 5.67. The number of thiazole rings is 1. The summed E-state index contributed by atoms with van der Waals surface area (Å²) < 4.78 is 2.84. The monoisotopic (exact) mass is 519 g/mol. The van der Waals surface area contributed by atoms with E-state index in [0.29, 0.717) is 24.8 Å². The van der Waals surface area contributed by atoms with Crippen molar-refractivity contribution >= 4 is 55.6 Å². The molecule has 4 heterocycles. The Bertz CT molecular complexity index is 1490. The highest BCUT2D eigenvalue weighted by atomic mass is 32.1. The van der Waals surface area contributed by atoms with E-state index < -0.39 is 0 Å². The Hall–Kier alpha value is -3.87. The number of urea groups is 1. The van der Waals surface area contributed by atoms with Crippen molar-refractivity contribution in [3.63, 3.8) is 0 Å². The molecule has 36 heavy (non-hydrogen) atoms. The van der Waals surface area contributed by atoms with Crippen LogP contribution in [0.4, 0.5) is 21.4 Å². The predicted octanol–water partition coefficient (Wildman–Crippen LogP) is 4.58. The second-order valence-corrected chi connectivity index (χ2v) is 10.3. The molecule has 0 saturated carbocycles. The molecule has 1 aromatic carbocycles. The molecule has 5 N–H and O–H groups in total. The van der Waals surface area contributed by atoms with Gasteiger partial charge in [-0.3, -0.25) is 10.00 Å². The zero-order chi connectivity index (χ0) is 24.9. The van der Waals surface area contributed by atoms with Gasteiger partial charge in [-0.05, 0) is 30.7 Å². The molecule has 0 bridgehead atoms. The maximum atomic E-state index is 12.3. The Balaban J connectivity index is 1.18. The first-order chi connectivity index (χ1) is 17.6. The molecule has 0 aliphatic rings. The van der Waals surface area contributed by atoms with Gasteiger partial charge in [0.2, 0.25) is 0 Å². The fraction of sp³-hybridized carbons (Fsp3) is 0.208. The number of aromatic nitrogens is 5. The number of aryl methyl sites for hydroxylation is 1. The minimum absolute atomic E-state index is 0.315. The second kappa shape index (κ2) is 10.8. The molecule has 5 aromatic rings. The fourth-order valence-electron chi connectivity index (χ4n) is 3.64. The van der Waals surface area contributed by atoms with Crippen LogP contribution in [-0.2, 0) is 13.0 Å². The summed E-state index contributed by atoms with van der Waals surface area (Å²) in [5.41, 5.74) is 9.37. The van der Waals surface area contributed by atoms with Gasteiger partial charge in [-0.25, -0.2) is 19.7 Å². The van der Waals surface area contributed by atoms with Crippen molar-refractivity contribution in [1.82, 2.24) is 24.7 Å². The Morgan fingerprint density at radius 3 is 2.89 bits per heavy atom. The van der Waals surface area contributed by atoms with Gasteiger partial charge in [0.05, 0.1) is 23.0 Å². The summed E-state index contributed by atoms with van der Waals surface area (Å²) in [6.07, 6.45) is 7.94. The van der Waals surface area contributed by atoms with E-state index in [4.69, 9.17) is 5.73 Å². The number of hydrogen-bond acceptors (Lipinski definition) is 9. The number of amides is 2. The van der Waals surface area contributed by atoms with Gasteiger partial charge >= 0.3 is 6.03 Å². The Morgan fingerprint density at radius 2 is 2.03 bits per heavy atom. The van der Waals surface area contributed by atoms with Crippen LogP contribution in [0.1, 0.15) is 10.4 Å². The molecule has 0 aliphatic carbocycles. The number of carbonyl (C=O) groups is 1. The molecule has 0 atom stereocenters. The first-order valence-electron chi connectivity index (χ1n) is 11.4. The second-order valence-electron chi connectivity index (χ2n) is 8.09. The molecule has 12 heteroatoms. The number of anilines is 3. The van der Waals surface area contributed by atoms with Crippen LogP contribution in [0.3, 0.4) is 0 Å². The third-order valence-corrected chi connectivity index (χ3v) is 7.45. The van der Waals surface area contributed by atoms with Crippen molar-refractivity contribution in [2.24, 2.45) is 5.73 Å². The number of nitrogens with one attached hydrogen (secondary N) is 3. The largest absolute Gasteiger partial charge is 0.368 e. The van der Waals surface area contributed by atoms with E-state index in [1.165, 1.54) is 11.3 Å². The lowest BCUT2D eigenvalue weighted by Gasteiger charge is -2.06. The fourth-order valence-corrected chi connectivity index (χ4v) is 5.49. The van der Waals surface area contributed by atoms with Crippen LogP contribution in [0, 0.1) is 6.92 Å². The van der Waals surface area contributed by atoms with Crippen LogP contribution in [0.2, 0.25) is 0 Å². The summed E-state index contributed by atoms with van der Waals surface area (Å²) in [6.45, 7) is 3.88. The summed E-state index contributed by atoms with van der Waals surface area (Å²) in [7, 11) is 0. The van der Waals surface area contributed by atoms with Gasteiger partial charge < -0.3 is 16.4 Å². The lowest BCUT2D eigenvalue weighted by atomic mass is 10.2. The van der Waals surface area contributed by atoms with Crippen molar-refractivity contribution in [2.75, 3.05) is 29.0 Å². The number of fused-ring (bicyclic) bond motifs is 1. The minimum atomic E-state index is -0.315. The van der Waals surface area contributed by atoms with Gasteiger partial charge in [-0.15, -0.1) is 22.7 Å². The standard InChI is InChI=1S/C24H25N9OS2/c1-15-3-2-4-17(9-15)31-23(34)32-24-27-12-18(35-24)5-7-26-22-21-19(28-14-29-22)10-20(36-21)16-11-30-33(13-16)8-6-25/h2-4,9-14H,5-8,25H2,1H3,(H,26,28,29)(H2,27,31,32,34). The van der Waals surface area contributed by atoms with E-state index in [9.17, 15) is 4.79 Å². The van der Waals surface area contributed by atoms with Crippen molar-refractivity contribution < 1.29 is 4.79 Å². The van der Waals surface area contributed by atoms with E-state index in [0.717, 1.165) is 49.0 Å². The minimum Gasteiger partial charge on any atom is -0.368 e. The quantitative estimate of drug-likeness (QED) is 0.224.